The number of fused-ring (bicyclic) bond motifs is 1. The van der Waals surface area contributed by atoms with Crippen molar-refractivity contribution < 1.29 is 0 Å². The number of hydrogen-bond acceptors (Lipinski definition) is 4. The van der Waals surface area contributed by atoms with Gasteiger partial charge in [-0.25, -0.2) is 9.97 Å². The summed E-state index contributed by atoms with van der Waals surface area (Å²) in [4.78, 5) is 9.15. The summed E-state index contributed by atoms with van der Waals surface area (Å²) in [6.45, 7) is 10.7. The minimum Gasteiger partial charge on any atom is -0.332 e. The van der Waals surface area contributed by atoms with E-state index in [0.29, 0.717) is 5.11 Å². The molecule has 0 radical (unpaired) electrons. The fourth-order valence-electron chi connectivity index (χ4n) is 4.04. The molecule has 0 bridgehead atoms. The van der Waals surface area contributed by atoms with Gasteiger partial charge in [0.05, 0.1) is 28.6 Å². The van der Waals surface area contributed by atoms with E-state index in [9.17, 15) is 0 Å². The minimum atomic E-state index is -0.0789. The van der Waals surface area contributed by atoms with E-state index in [2.05, 4.69) is 84.6 Å². The second-order valence-electron chi connectivity index (χ2n) is 9.47. The van der Waals surface area contributed by atoms with Crippen LogP contribution in [0.1, 0.15) is 57.0 Å². The van der Waals surface area contributed by atoms with Crippen molar-refractivity contribution in [3.63, 3.8) is 0 Å². The van der Waals surface area contributed by atoms with Crippen molar-refractivity contribution in [3.05, 3.63) is 77.5 Å². The van der Waals surface area contributed by atoms with Crippen LogP contribution in [0.2, 0.25) is 0 Å². The molecule has 0 aliphatic rings. The Morgan fingerprint density at radius 1 is 0.971 bits per heavy atom. The van der Waals surface area contributed by atoms with Crippen LogP contribution in [0.15, 0.2) is 55.1 Å². The van der Waals surface area contributed by atoms with Gasteiger partial charge in [-0.3, -0.25) is 4.68 Å². The van der Waals surface area contributed by atoms with Gasteiger partial charge in [0, 0.05) is 23.7 Å². The Morgan fingerprint density at radius 2 is 1.71 bits per heavy atom. The smallest absolute Gasteiger partial charge is 0.175 e. The first-order chi connectivity index (χ1) is 16.3. The third-order valence-electron chi connectivity index (χ3n) is 5.89. The first-order valence-corrected chi connectivity index (χ1v) is 12.1. The quantitative estimate of drug-likeness (QED) is 0.330. The average Bonchev–Trinajstić information content (AvgIpc) is 3.27. The zero-order valence-corrected chi connectivity index (χ0v) is 21.3. The molecule has 0 amide bonds. The van der Waals surface area contributed by atoms with Crippen molar-refractivity contribution in [3.8, 4) is 0 Å². The molecule has 0 unspecified atom stereocenters. The number of nitrogens with zero attached hydrogens (tertiary/aromatic N) is 4. The third kappa shape index (κ3) is 5.42. The summed E-state index contributed by atoms with van der Waals surface area (Å²) < 4.78 is 1.91. The Balaban J connectivity index is 1.50. The maximum Gasteiger partial charge on any atom is 0.175 e. The summed E-state index contributed by atoms with van der Waals surface area (Å²) in [5.74, 6) is 0. The highest BCUT2D eigenvalue weighted by atomic mass is 32.1. The first-order valence-electron chi connectivity index (χ1n) is 11.7. The second-order valence-corrected chi connectivity index (χ2v) is 9.87. The molecule has 176 valence electrons. The standard InChI is InChI=1S/C27H32N6S/c1-6-19-13-23-24(28-17-29-25(23)14-20(19)7-2)12-18-9-8-10-21(11-18)31-26(34)32-22-15-30-33(16-22)27(3,4)5/h8-11,13-17H,6-7,12H2,1-5H3,(H2,31,32,34). The lowest BCUT2D eigenvalue weighted by Crippen LogP contribution is -2.22. The number of benzene rings is 2. The number of nitrogens with one attached hydrogen (secondary N) is 2. The van der Waals surface area contributed by atoms with Crippen LogP contribution in [0, 0.1) is 0 Å². The maximum atomic E-state index is 5.53. The normalized spacial score (nSPS) is 11.6. The summed E-state index contributed by atoms with van der Waals surface area (Å²) >= 11 is 5.53. The Labute approximate surface area is 206 Å². The fourth-order valence-corrected chi connectivity index (χ4v) is 4.28. The highest BCUT2D eigenvalue weighted by molar-refractivity contribution is 7.80. The van der Waals surface area contributed by atoms with Crippen LogP contribution in [0.4, 0.5) is 11.4 Å². The molecule has 34 heavy (non-hydrogen) atoms. The topological polar surface area (TPSA) is 67.7 Å². The molecule has 6 nitrogen and oxygen atoms in total. The summed E-state index contributed by atoms with van der Waals surface area (Å²) in [6, 6.07) is 12.8. The third-order valence-corrected chi connectivity index (χ3v) is 6.09. The Hall–Kier alpha value is -3.32. The van der Waals surface area contributed by atoms with E-state index in [0.717, 1.165) is 52.8 Å². The van der Waals surface area contributed by atoms with Gasteiger partial charge in [0.1, 0.15) is 6.33 Å². The molecule has 4 rings (SSSR count). The van der Waals surface area contributed by atoms with E-state index in [4.69, 9.17) is 12.2 Å². The predicted octanol–water partition coefficient (Wildman–Crippen LogP) is 6.11. The number of hydrogen-bond donors (Lipinski definition) is 2. The predicted molar refractivity (Wildman–Crippen MR) is 145 cm³/mol. The molecule has 7 heteroatoms. The SMILES string of the molecule is CCc1cc2ncnc(Cc3cccc(NC(=S)Nc4cnn(C(C)(C)C)c4)c3)c2cc1CC. The minimum absolute atomic E-state index is 0.0789. The molecule has 0 aliphatic heterocycles. The van der Waals surface area contributed by atoms with Crippen molar-refractivity contribution in [1.29, 1.82) is 0 Å². The average molecular weight is 473 g/mol. The van der Waals surface area contributed by atoms with Crippen molar-refractivity contribution in [2.75, 3.05) is 10.6 Å². The lowest BCUT2D eigenvalue weighted by atomic mass is 9.97. The van der Waals surface area contributed by atoms with Gasteiger partial charge in [-0.05, 0) is 86.8 Å². The van der Waals surface area contributed by atoms with Crippen LogP contribution in [0.25, 0.3) is 10.9 Å². The lowest BCUT2D eigenvalue weighted by molar-refractivity contribution is 0.355. The summed E-state index contributed by atoms with van der Waals surface area (Å²) in [5, 5.41) is 12.6. The summed E-state index contributed by atoms with van der Waals surface area (Å²) in [7, 11) is 0. The van der Waals surface area contributed by atoms with Gasteiger partial charge in [0.2, 0.25) is 0 Å². The van der Waals surface area contributed by atoms with Crippen molar-refractivity contribution >= 4 is 39.6 Å². The van der Waals surface area contributed by atoms with Crippen LogP contribution in [0.5, 0.6) is 0 Å². The lowest BCUT2D eigenvalue weighted by Gasteiger charge is -2.18. The van der Waals surface area contributed by atoms with Crippen molar-refractivity contribution in [1.82, 2.24) is 19.7 Å². The number of aromatic nitrogens is 4. The Bertz CT molecular complexity index is 1320. The van der Waals surface area contributed by atoms with E-state index >= 15 is 0 Å². The molecule has 0 atom stereocenters. The number of thiocarbonyl (C=S) groups is 1. The zero-order chi connectivity index (χ0) is 24.3. The van der Waals surface area contributed by atoms with E-state index in [1.165, 1.54) is 11.1 Å². The van der Waals surface area contributed by atoms with E-state index in [1.54, 1.807) is 12.5 Å². The number of anilines is 2. The molecule has 2 N–H and O–H groups in total. The van der Waals surface area contributed by atoms with Gasteiger partial charge in [0.15, 0.2) is 5.11 Å². The van der Waals surface area contributed by atoms with Crippen LogP contribution in [-0.2, 0) is 24.8 Å². The Kier molecular flexibility index (Phi) is 6.93. The van der Waals surface area contributed by atoms with E-state index < -0.39 is 0 Å². The van der Waals surface area contributed by atoms with Gasteiger partial charge in [0.25, 0.3) is 0 Å². The van der Waals surface area contributed by atoms with Crippen LogP contribution >= 0.6 is 12.2 Å². The molecule has 0 saturated carbocycles. The summed E-state index contributed by atoms with van der Waals surface area (Å²) in [6.07, 6.45) is 8.15. The zero-order valence-electron chi connectivity index (χ0n) is 20.5. The second kappa shape index (κ2) is 9.89. The fraction of sp³-hybridized carbons (Fsp3) is 0.333. The summed E-state index contributed by atoms with van der Waals surface area (Å²) in [5.41, 5.74) is 7.64. The van der Waals surface area contributed by atoms with Crippen molar-refractivity contribution in [2.24, 2.45) is 0 Å². The molecule has 2 aromatic heterocycles. The first kappa shape index (κ1) is 23.8. The molecule has 2 aromatic carbocycles. The molecular weight excluding hydrogens is 440 g/mol. The largest absolute Gasteiger partial charge is 0.332 e. The molecule has 2 heterocycles. The molecule has 0 saturated heterocycles. The molecule has 0 fully saturated rings. The molecule has 0 aliphatic carbocycles. The monoisotopic (exact) mass is 472 g/mol. The number of aryl methyl sites for hydroxylation is 2. The Morgan fingerprint density at radius 3 is 2.41 bits per heavy atom. The molecule has 4 aromatic rings. The number of rotatable bonds is 6. The highest BCUT2D eigenvalue weighted by Crippen LogP contribution is 2.24. The van der Waals surface area contributed by atoms with Gasteiger partial charge < -0.3 is 10.6 Å². The van der Waals surface area contributed by atoms with E-state index in [-0.39, 0.29) is 5.54 Å². The van der Waals surface area contributed by atoms with Crippen LogP contribution in [0.3, 0.4) is 0 Å². The van der Waals surface area contributed by atoms with Gasteiger partial charge >= 0.3 is 0 Å². The van der Waals surface area contributed by atoms with Gasteiger partial charge in [-0.15, -0.1) is 0 Å². The van der Waals surface area contributed by atoms with Gasteiger partial charge in [-0.2, -0.15) is 5.10 Å². The maximum absolute atomic E-state index is 5.53. The highest BCUT2D eigenvalue weighted by Gasteiger charge is 2.14. The van der Waals surface area contributed by atoms with Gasteiger partial charge in [-0.1, -0.05) is 26.0 Å². The van der Waals surface area contributed by atoms with Crippen LogP contribution in [-0.4, -0.2) is 24.9 Å². The van der Waals surface area contributed by atoms with Crippen LogP contribution < -0.4 is 10.6 Å². The molecular formula is C27H32N6S. The molecule has 0 spiro atoms. The van der Waals surface area contributed by atoms with E-state index in [1.807, 2.05) is 23.0 Å². The van der Waals surface area contributed by atoms with Crippen molar-refractivity contribution in [2.45, 2.75) is 59.4 Å².